The maximum absolute atomic E-state index is 12.0. The van der Waals surface area contributed by atoms with Crippen LogP contribution < -0.4 is 4.74 Å². The van der Waals surface area contributed by atoms with Gasteiger partial charge in [0.1, 0.15) is 12.4 Å². The fourth-order valence-corrected chi connectivity index (χ4v) is 2.29. The Labute approximate surface area is 141 Å². The lowest BCUT2D eigenvalue weighted by Gasteiger charge is -2.07. The summed E-state index contributed by atoms with van der Waals surface area (Å²) in [6, 6.07) is 17.1. The fraction of sp³-hybridized carbons (Fsp3) is 0.263. The van der Waals surface area contributed by atoms with E-state index in [4.69, 9.17) is 14.7 Å². The first-order valence-electron chi connectivity index (χ1n) is 7.78. The molecule has 0 amide bonds. The zero-order valence-corrected chi connectivity index (χ0v) is 13.6. The Bertz CT molecular complexity index is 683. The van der Waals surface area contributed by atoms with Crippen LogP contribution in [0, 0.1) is 0 Å². The molecule has 0 aliphatic heterocycles. The van der Waals surface area contributed by atoms with Crippen molar-refractivity contribution in [1.29, 1.82) is 0 Å². The van der Waals surface area contributed by atoms with Crippen molar-refractivity contribution in [2.45, 2.75) is 25.9 Å². The molecule has 2 aromatic rings. The Morgan fingerprint density at radius 2 is 1.83 bits per heavy atom. The molecule has 2 rings (SSSR count). The minimum Gasteiger partial charge on any atom is -0.497 e. The van der Waals surface area contributed by atoms with Gasteiger partial charge in [-0.3, -0.25) is 0 Å². The van der Waals surface area contributed by atoms with Gasteiger partial charge < -0.3 is 14.7 Å². The molecular formula is C19H21NO4. The first-order chi connectivity index (χ1) is 11.7. The Kier molecular flexibility index (Phi) is 6.83. The maximum Gasteiger partial charge on any atom is 0.356 e. The lowest BCUT2D eigenvalue weighted by Crippen LogP contribution is -2.18. The van der Waals surface area contributed by atoms with Crippen LogP contribution in [0.1, 0.15) is 24.0 Å². The van der Waals surface area contributed by atoms with E-state index in [0.717, 1.165) is 23.3 Å². The topological polar surface area (TPSA) is 68.1 Å². The van der Waals surface area contributed by atoms with Crippen molar-refractivity contribution in [2.24, 2.45) is 5.16 Å². The predicted octanol–water partition coefficient (Wildman–Crippen LogP) is 3.59. The van der Waals surface area contributed by atoms with Gasteiger partial charge in [-0.25, -0.2) is 4.79 Å². The van der Waals surface area contributed by atoms with Crippen molar-refractivity contribution in [2.75, 3.05) is 7.11 Å². The van der Waals surface area contributed by atoms with Gasteiger partial charge in [0, 0.05) is 6.42 Å². The number of nitrogens with zero attached hydrogens (tertiary/aromatic N) is 1. The molecule has 126 valence electrons. The Morgan fingerprint density at radius 1 is 1.08 bits per heavy atom. The highest BCUT2D eigenvalue weighted by molar-refractivity contribution is 6.36. The van der Waals surface area contributed by atoms with Gasteiger partial charge in [0.25, 0.3) is 0 Å². The molecule has 0 saturated heterocycles. The summed E-state index contributed by atoms with van der Waals surface area (Å²) in [5, 5.41) is 12.1. The summed E-state index contributed by atoms with van der Waals surface area (Å²) in [6.45, 7) is 0.161. The second kappa shape index (κ2) is 9.35. The van der Waals surface area contributed by atoms with Crippen molar-refractivity contribution >= 4 is 11.7 Å². The predicted molar refractivity (Wildman–Crippen MR) is 91.4 cm³/mol. The minimum atomic E-state index is -0.591. The molecule has 0 aliphatic carbocycles. The smallest absolute Gasteiger partial charge is 0.356 e. The van der Waals surface area contributed by atoms with Crippen LogP contribution in [-0.4, -0.2) is 24.0 Å². The summed E-state index contributed by atoms with van der Waals surface area (Å²) < 4.78 is 10.3. The highest BCUT2D eigenvalue weighted by Gasteiger charge is 2.14. The number of methoxy groups -OCH3 is 1. The normalized spacial score (nSPS) is 11.1. The number of rotatable bonds is 8. The van der Waals surface area contributed by atoms with Crippen molar-refractivity contribution in [3.8, 4) is 5.75 Å². The Hall–Kier alpha value is -2.82. The third-order valence-corrected chi connectivity index (χ3v) is 3.58. The SMILES string of the molecule is COc1cccc(CCCC(=NO)C(=O)OCc2ccccc2)c1. The molecule has 0 radical (unpaired) electrons. The second-order valence-electron chi connectivity index (χ2n) is 5.31. The van der Waals surface area contributed by atoms with Crippen LogP contribution in [0.5, 0.6) is 5.75 Å². The van der Waals surface area contributed by atoms with E-state index in [2.05, 4.69) is 5.16 Å². The number of carbonyl (C=O) groups is 1. The highest BCUT2D eigenvalue weighted by Crippen LogP contribution is 2.15. The van der Waals surface area contributed by atoms with E-state index in [-0.39, 0.29) is 12.3 Å². The Balaban J connectivity index is 1.80. The summed E-state index contributed by atoms with van der Waals surface area (Å²) in [5.74, 6) is 0.206. The molecular weight excluding hydrogens is 306 g/mol. The van der Waals surface area contributed by atoms with E-state index in [9.17, 15) is 4.79 Å². The van der Waals surface area contributed by atoms with Gasteiger partial charge in [0.15, 0.2) is 5.71 Å². The number of hydrogen-bond donors (Lipinski definition) is 1. The zero-order valence-electron chi connectivity index (χ0n) is 13.6. The lowest BCUT2D eigenvalue weighted by molar-refractivity contribution is -0.137. The first kappa shape index (κ1) is 17.5. The van der Waals surface area contributed by atoms with E-state index in [1.165, 1.54) is 0 Å². The zero-order chi connectivity index (χ0) is 17.2. The number of ether oxygens (including phenoxy) is 2. The van der Waals surface area contributed by atoms with E-state index in [0.29, 0.717) is 12.8 Å². The van der Waals surface area contributed by atoms with Crippen molar-refractivity contribution < 1.29 is 19.5 Å². The van der Waals surface area contributed by atoms with E-state index in [1.807, 2.05) is 54.6 Å². The number of hydrogen-bond acceptors (Lipinski definition) is 5. The highest BCUT2D eigenvalue weighted by atomic mass is 16.5. The molecule has 0 spiro atoms. The molecule has 0 aliphatic rings. The number of aryl methyl sites for hydroxylation is 1. The van der Waals surface area contributed by atoms with Gasteiger partial charge in [-0.1, -0.05) is 47.6 Å². The fourth-order valence-electron chi connectivity index (χ4n) is 2.29. The number of esters is 1. The molecule has 0 bridgehead atoms. The van der Waals surface area contributed by atoms with Crippen LogP contribution >= 0.6 is 0 Å². The van der Waals surface area contributed by atoms with Crippen molar-refractivity contribution in [3.63, 3.8) is 0 Å². The molecule has 0 atom stereocenters. The van der Waals surface area contributed by atoms with Gasteiger partial charge in [-0.05, 0) is 36.1 Å². The molecule has 0 fully saturated rings. The number of benzene rings is 2. The molecule has 0 heterocycles. The summed E-state index contributed by atoms with van der Waals surface area (Å²) in [6.07, 6.45) is 1.77. The molecule has 1 N–H and O–H groups in total. The van der Waals surface area contributed by atoms with Gasteiger partial charge >= 0.3 is 5.97 Å². The summed E-state index contributed by atoms with van der Waals surface area (Å²) in [7, 11) is 1.62. The minimum absolute atomic E-state index is 0.0360. The molecule has 2 aromatic carbocycles. The Morgan fingerprint density at radius 3 is 2.54 bits per heavy atom. The van der Waals surface area contributed by atoms with Crippen LogP contribution in [0.2, 0.25) is 0 Å². The average Bonchev–Trinajstić information content (AvgIpc) is 2.64. The van der Waals surface area contributed by atoms with Crippen molar-refractivity contribution in [1.82, 2.24) is 0 Å². The van der Waals surface area contributed by atoms with Crippen LogP contribution in [0.25, 0.3) is 0 Å². The summed E-state index contributed by atoms with van der Waals surface area (Å²) in [5.41, 5.74) is 2.03. The van der Waals surface area contributed by atoms with E-state index < -0.39 is 5.97 Å². The van der Waals surface area contributed by atoms with Crippen LogP contribution in [-0.2, 0) is 22.6 Å². The number of carbonyl (C=O) groups excluding carboxylic acids is 1. The molecule has 0 aromatic heterocycles. The number of oxime groups is 1. The van der Waals surface area contributed by atoms with Gasteiger partial charge in [-0.2, -0.15) is 0 Å². The van der Waals surface area contributed by atoms with Crippen LogP contribution in [0.4, 0.5) is 0 Å². The summed E-state index contributed by atoms with van der Waals surface area (Å²) >= 11 is 0. The van der Waals surface area contributed by atoms with Gasteiger partial charge in [-0.15, -0.1) is 0 Å². The van der Waals surface area contributed by atoms with Crippen molar-refractivity contribution in [3.05, 3.63) is 65.7 Å². The second-order valence-corrected chi connectivity index (χ2v) is 5.31. The third kappa shape index (κ3) is 5.43. The van der Waals surface area contributed by atoms with Crippen LogP contribution in [0.3, 0.4) is 0 Å². The maximum atomic E-state index is 12.0. The standard InChI is InChI=1S/C19H21NO4/c1-23-17-11-5-9-15(13-17)10-6-12-18(20-22)19(21)24-14-16-7-3-2-4-8-16/h2-5,7-9,11,13,22H,6,10,12,14H2,1H3. The average molecular weight is 327 g/mol. The van der Waals surface area contributed by atoms with E-state index >= 15 is 0 Å². The molecule has 5 nitrogen and oxygen atoms in total. The summed E-state index contributed by atoms with van der Waals surface area (Å²) in [4.78, 5) is 12.0. The van der Waals surface area contributed by atoms with Gasteiger partial charge in [0.2, 0.25) is 0 Å². The van der Waals surface area contributed by atoms with Crippen LogP contribution in [0.15, 0.2) is 59.8 Å². The first-order valence-corrected chi connectivity index (χ1v) is 7.78. The quantitative estimate of drug-likeness (QED) is 0.348. The third-order valence-electron chi connectivity index (χ3n) is 3.58. The van der Waals surface area contributed by atoms with E-state index in [1.54, 1.807) is 7.11 Å². The molecule has 0 saturated carbocycles. The van der Waals surface area contributed by atoms with Gasteiger partial charge in [0.05, 0.1) is 7.11 Å². The molecule has 0 unspecified atom stereocenters. The molecule has 5 heteroatoms. The monoisotopic (exact) mass is 327 g/mol. The lowest BCUT2D eigenvalue weighted by atomic mass is 10.1. The largest absolute Gasteiger partial charge is 0.497 e. The molecule has 24 heavy (non-hydrogen) atoms.